The van der Waals surface area contributed by atoms with Crippen LogP contribution in [0.5, 0.6) is 0 Å². The summed E-state index contributed by atoms with van der Waals surface area (Å²) in [5, 5.41) is 21.2. The monoisotopic (exact) mass is 440 g/mol. The van der Waals surface area contributed by atoms with Gasteiger partial charge in [0.1, 0.15) is 0 Å². The molecule has 7 nitrogen and oxygen atoms in total. The highest BCUT2D eigenvalue weighted by Gasteiger charge is 2.29. The highest BCUT2D eigenvalue weighted by molar-refractivity contribution is 8.00. The van der Waals surface area contributed by atoms with Gasteiger partial charge in [0.05, 0.1) is 10.5 Å². The zero-order valence-corrected chi connectivity index (χ0v) is 16.0. The number of amides is 1. The maximum atomic E-state index is 12.6. The number of nitrogens with one attached hydrogen (secondary N) is 1. The molecule has 150 valence electrons. The van der Waals surface area contributed by atoms with Gasteiger partial charge in [0.25, 0.3) is 11.6 Å². The number of hydrogen-bond donors (Lipinski definition) is 1. The molecule has 0 fully saturated rings. The van der Waals surface area contributed by atoms with Gasteiger partial charge in [-0.05, 0) is 23.8 Å². The van der Waals surface area contributed by atoms with E-state index in [9.17, 15) is 28.1 Å². The summed E-state index contributed by atoms with van der Waals surface area (Å²) in [7, 11) is 0. The van der Waals surface area contributed by atoms with Gasteiger partial charge in [-0.1, -0.05) is 41.3 Å². The number of non-ortho nitro benzene ring substituents is 1. The smallest absolute Gasteiger partial charge is 0.296 e. The quantitative estimate of drug-likeness (QED) is 0.250. The van der Waals surface area contributed by atoms with E-state index < -0.39 is 22.6 Å². The van der Waals surface area contributed by atoms with Gasteiger partial charge in [0, 0.05) is 23.4 Å². The summed E-state index contributed by atoms with van der Waals surface area (Å²) in [5.74, 6) is -0.185. The Morgan fingerprint density at radius 3 is 2.55 bits per heavy atom. The first kappa shape index (κ1) is 20.7. The molecule has 2 aromatic carbocycles. The molecule has 3 aromatic rings. The SMILES string of the molecule is O=C(Nc1nnc(SCc2ccc(C(F)(F)F)cc2)s1)c1cccc([N+](=O)[O-])c1. The predicted octanol–water partition coefficient (Wildman–Crippen LogP) is 5.01. The van der Waals surface area contributed by atoms with Crippen molar-refractivity contribution < 1.29 is 22.9 Å². The average Bonchev–Trinajstić information content (AvgIpc) is 3.13. The molecule has 3 rings (SSSR count). The maximum absolute atomic E-state index is 12.6. The molecule has 0 atom stereocenters. The van der Waals surface area contributed by atoms with E-state index in [1.165, 1.54) is 42.1 Å². The van der Waals surface area contributed by atoms with Crippen LogP contribution in [0.4, 0.5) is 24.0 Å². The van der Waals surface area contributed by atoms with Crippen LogP contribution in [0.2, 0.25) is 0 Å². The number of aromatic nitrogens is 2. The molecule has 0 bridgehead atoms. The van der Waals surface area contributed by atoms with Gasteiger partial charge in [-0.3, -0.25) is 20.2 Å². The molecule has 0 aliphatic heterocycles. The van der Waals surface area contributed by atoms with E-state index in [2.05, 4.69) is 15.5 Å². The molecule has 0 aliphatic carbocycles. The van der Waals surface area contributed by atoms with E-state index in [-0.39, 0.29) is 16.4 Å². The number of thioether (sulfide) groups is 1. The minimum absolute atomic E-state index is 0.105. The molecular weight excluding hydrogens is 429 g/mol. The second kappa shape index (κ2) is 8.57. The number of alkyl halides is 3. The Hall–Kier alpha value is -2.99. The number of anilines is 1. The number of carbonyl (C=O) groups is 1. The molecule has 0 aliphatic rings. The van der Waals surface area contributed by atoms with Gasteiger partial charge in [0.2, 0.25) is 5.13 Å². The lowest BCUT2D eigenvalue weighted by atomic mass is 10.1. The van der Waals surface area contributed by atoms with Gasteiger partial charge in [-0.2, -0.15) is 13.2 Å². The number of benzene rings is 2. The number of nitro groups is 1. The van der Waals surface area contributed by atoms with Crippen LogP contribution in [0.15, 0.2) is 52.9 Å². The Balaban J connectivity index is 1.59. The molecular formula is C17H11F3N4O3S2. The van der Waals surface area contributed by atoms with Crippen molar-refractivity contribution in [3.05, 3.63) is 75.3 Å². The molecule has 0 saturated heterocycles. The molecule has 1 aromatic heterocycles. The van der Waals surface area contributed by atoms with Crippen molar-refractivity contribution >= 4 is 39.8 Å². The molecule has 29 heavy (non-hydrogen) atoms. The Bertz CT molecular complexity index is 1040. The van der Waals surface area contributed by atoms with E-state index in [0.29, 0.717) is 15.7 Å². The van der Waals surface area contributed by atoms with Crippen LogP contribution in [-0.2, 0) is 11.9 Å². The van der Waals surface area contributed by atoms with Crippen molar-refractivity contribution in [2.75, 3.05) is 5.32 Å². The zero-order valence-electron chi connectivity index (χ0n) is 14.3. The van der Waals surface area contributed by atoms with Crippen LogP contribution in [0.3, 0.4) is 0 Å². The van der Waals surface area contributed by atoms with Crippen LogP contribution >= 0.6 is 23.1 Å². The van der Waals surface area contributed by atoms with E-state index in [0.717, 1.165) is 29.5 Å². The fraction of sp³-hybridized carbons (Fsp3) is 0.118. The van der Waals surface area contributed by atoms with Crippen LogP contribution in [-0.4, -0.2) is 21.0 Å². The lowest BCUT2D eigenvalue weighted by Crippen LogP contribution is -2.11. The topological polar surface area (TPSA) is 98.0 Å². The van der Waals surface area contributed by atoms with Gasteiger partial charge in [-0.25, -0.2) is 0 Å². The van der Waals surface area contributed by atoms with Crippen LogP contribution < -0.4 is 5.32 Å². The minimum atomic E-state index is -4.38. The lowest BCUT2D eigenvalue weighted by Gasteiger charge is -2.06. The summed E-state index contributed by atoms with van der Waals surface area (Å²) in [6, 6.07) is 10.1. The Kier molecular flexibility index (Phi) is 6.13. The summed E-state index contributed by atoms with van der Waals surface area (Å²) in [4.78, 5) is 22.4. The third-order valence-corrected chi connectivity index (χ3v) is 5.63. The number of rotatable bonds is 6. The Labute approximate surface area is 170 Å². The first-order valence-electron chi connectivity index (χ1n) is 7.90. The van der Waals surface area contributed by atoms with Crippen molar-refractivity contribution in [3.8, 4) is 0 Å². The summed E-state index contributed by atoms with van der Waals surface area (Å²) in [6.45, 7) is 0. The second-order valence-electron chi connectivity index (χ2n) is 5.62. The largest absolute Gasteiger partial charge is 0.416 e. The first-order valence-corrected chi connectivity index (χ1v) is 9.71. The molecule has 0 saturated carbocycles. The number of carbonyl (C=O) groups excluding carboxylic acids is 1. The van der Waals surface area contributed by atoms with E-state index >= 15 is 0 Å². The van der Waals surface area contributed by atoms with E-state index in [1.54, 1.807) is 0 Å². The van der Waals surface area contributed by atoms with Crippen molar-refractivity contribution in [2.24, 2.45) is 0 Å². The second-order valence-corrected chi connectivity index (χ2v) is 7.82. The van der Waals surface area contributed by atoms with E-state index in [1.807, 2.05) is 0 Å². The van der Waals surface area contributed by atoms with E-state index in [4.69, 9.17) is 0 Å². The summed E-state index contributed by atoms with van der Waals surface area (Å²) in [5.41, 5.74) is -0.134. The molecule has 0 spiro atoms. The summed E-state index contributed by atoms with van der Waals surface area (Å²) < 4.78 is 38.2. The highest BCUT2D eigenvalue weighted by Crippen LogP contribution is 2.31. The molecule has 0 radical (unpaired) electrons. The van der Waals surface area contributed by atoms with Gasteiger partial charge in [-0.15, -0.1) is 10.2 Å². The fourth-order valence-corrected chi connectivity index (χ4v) is 3.89. The maximum Gasteiger partial charge on any atom is 0.416 e. The zero-order chi connectivity index (χ0) is 21.0. The minimum Gasteiger partial charge on any atom is -0.296 e. The molecule has 1 amide bonds. The number of hydrogen-bond acceptors (Lipinski definition) is 7. The third-order valence-electron chi connectivity index (χ3n) is 3.59. The van der Waals surface area contributed by atoms with Crippen LogP contribution in [0.25, 0.3) is 0 Å². The number of nitro benzene ring substituents is 1. The lowest BCUT2D eigenvalue weighted by molar-refractivity contribution is -0.384. The van der Waals surface area contributed by atoms with Crippen molar-refractivity contribution in [2.45, 2.75) is 16.3 Å². The Morgan fingerprint density at radius 2 is 1.90 bits per heavy atom. The third kappa shape index (κ3) is 5.51. The summed E-state index contributed by atoms with van der Waals surface area (Å²) >= 11 is 2.35. The van der Waals surface area contributed by atoms with Crippen molar-refractivity contribution in [1.82, 2.24) is 10.2 Å². The molecule has 1 heterocycles. The van der Waals surface area contributed by atoms with Crippen LogP contribution in [0.1, 0.15) is 21.5 Å². The molecule has 0 unspecified atom stereocenters. The normalized spacial score (nSPS) is 11.3. The van der Waals surface area contributed by atoms with Crippen molar-refractivity contribution in [3.63, 3.8) is 0 Å². The van der Waals surface area contributed by atoms with Gasteiger partial charge < -0.3 is 0 Å². The van der Waals surface area contributed by atoms with Crippen LogP contribution in [0, 0.1) is 10.1 Å². The number of nitrogens with zero attached hydrogens (tertiary/aromatic N) is 3. The highest BCUT2D eigenvalue weighted by atomic mass is 32.2. The average molecular weight is 440 g/mol. The molecule has 12 heteroatoms. The Morgan fingerprint density at radius 1 is 1.17 bits per heavy atom. The fourth-order valence-electron chi connectivity index (χ4n) is 2.18. The summed E-state index contributed by atoms with van der Waals surface area (Å²) in [6.07, 6.45) is -4.38. The first-order chi connectivity index (χ1) is 13.7. The molecule has 1 N–H and O–H groups in total. The van der Waals surface area contributed by atoms with Crippen molar-refractivity contribution in [1.29, 1.82) is 0 Å². The predicted molar refractivity (Wildman–Crippen MR) is 102 cm³/mol. The number of halogens is 3. The standard InChI is InChI=1S/C17H11F3N4O3S2/c18-17(19,20)12-6-4-10(5-7-12)9-28-16-23-22-15(29-16)21-14(25)11-2-1-3-13(8-11)24(26)27/h1-8H,9H2,(H,21,22,25). The van der Waals surface area contributed by atoms with Gasteiger partial charge in [0.15, 0.2) is 4.34 Å². The van der Waals surface area contributed by atoms with Gasteiger partial charge >= 0.3 is 6.18 Å².